The lowest BCUT2D eigenvalue weighted by atomic mass is 9.48. The Kier molecular flexibility index (Phi) is 2.85. The van der Waals surface area contributed by atoms with Gasteiger partial charge in [0, 0.05) is 5.41 Å². The van der Waals surface area contributed by atoms with Crippen molar-refractivity contribution in [2.24, 2.45) is 28.6 Å². The van der Waals surface area contributed by atoms with E-state index in [1.165, 1.54) is 44.1 Å². The molecule has 0 N–H and O–H groups in total. The highest BCUT2D eigenvalue weighted by molar-refractivity contribution is 6.05. The lowest BCUT2D eigenvalue weighted by Gasteiger charge is -2.56. The number of hydrogen-bond donors (Lipinski definition) is 0. The second-order valence-corrected chi connectivity index (χ2v) is 8.64. The van der Waals surface area contributed by atoms with Crippen molar-refractivity contribution in [3.05, 3.63) is 23.3 Å². The molecular formula is C20H28O. The number of carbonyl (C=O) groups excluding carboxylic acids is 1. The molecule has 114 valence electrons. The average Bonchev–Trinajstić information content (AvgIpc) is 2.82. The molecule has 21 heavy (non-hydrogen) atoms. The smallest absolute Gasteiger partial charge is 0.181 e. The molecule has 0 bridgehead atoms. The van der Waals surface area contributed by atoms with E-state index in [2.05, 4.69) is 19.9 Å². The molecule has 0 saturated heterocycles. The predicted octanol–water partition coefficient (Wildman–Crippen LogP) is 5.07. The summed E-state index contributed by atoms with van der Waals surface area (Å²) in [5, 5.41) is 0. The highest BCUT2D eigenvalue weighted by Gasteiger charge is 2.55. The molecule has 0 aromatic heterocycles. The third-order valence-corrected chi connectivity index (χ3v) is 7.64. The Balaban J connectivity index is 1.73. The summed E-state index contributed by atoms with van der Waals surface area (Å²) >= 11 is 0. The van der Waals surface area contributed by atoms with Gasteiger partial charge in [-0.25, -0.2) is 0 Å². The van der Waals surface area contributed by atoms with Crippen LogP contribution in [0.2, 0.25) is 0 Å². The number of fused-ring (bicyclic) bond motifs is 5. The number of ketones is 1. The Labute approximate surface area is 128 Å². The van der Waals surface area contributed by atoms with Crippen molar-refractivity contribution in [1.29, 1.82) is 0 Å². The van der Waals surface area contributed by atoms with Crippen molar-refractivity contribution in [2.45, 2.75) is 65.7 Å². The molecule has 4 aliphatic rings. The number of rotatable bonds is 0. The Hall–Kier alpha value is -0.850. The van der Waals surface area contributed by atoms with Crippen molar-refractivity contribution in [2.75, 3.05) is 0 Å². The number of hydrogen-bond acceptors (Lipinski definition) is 1. The molecule has 0 amide bonds. The fraction of sp³-hybridized carbons (Fsp3) is 0.750. The van der Waals surface area contributed by atoms with Crippen molar-refractivity contribution in [3.63, 3.8) is 0 Å². The summed E-state index contributed by atoms with van der Waals surface area (Å²) in [7, 11) is 0. The van der Waals surface area contributed by atoms with Crippen molar-refractivity contribution in [3.8, 4) is 0 Å². The average molecular weight is 284 g/mol. The van der Waals surface area contributed by atoms with Crippen molar-refractivity contribution >= 4 is 5.78 Å². The zero-order chi connectivity index (χ0) is 14.8. The van der Waals surface area contributed by atoms with Crippen LogP contribution in [0.4, 0.5) is 0 Å². The molecule has 4 rings (SSSR count). The molecular weight excluding hydrogens is 256 g/mol. The topological polar surface area (TPSA) is 17.1 Å². The van der Waals surface area contributed by atoms with Crippen LogP contribution >= 0.6 is 0 Å². The maximum Gasteiger partial charge on any atom is 0.181 e. The normalized spacial score (nSPS) is 48.9. The summed E-state index contributed by atoms with van der Waals surface area (Å²) in [6.07, 6.45) is 13.9. The van der Waals surface area contributed by atoms with Gasteiger partial charge in [0.1, 0.15) is 0 Å². The van der Waals surface area contributed by atoms with Gasteiger partial charge in [-0.2, -0.15) is 0 Å². The van der Waals surface area contributed by atoms with E-state index in [1.54, 1.807) is 0 Å². The fourth-order valence-electron chi connectivity index (χ4n) is 6.48. The standard InChI is InChI=1S/C20H28O/c1-13-12-20(3)14(11-18(13)21)6-7-15-16-5-4-9-19(16,2)10-8-17(15)20/h11-12,15-17H,4-10H2,1-3H3/t15-,16-,17-,19-,20-/m0/s1. The molecule has 0 aliphatic heterocycles. The molecule has 5 atom stereocenters. The minimum Gasteiger partial charge on any atom is -0.290 e. The van der Waals surface area contributed by atoms with Gasteiger partial charge >= 0.3 is 0 Å². The summed E-state index contributed by atoms with van der Waals surface area (Å²) in [6, 6.07) is 0. The molecule has 0 heterocycles. The molecule has 0 aromatic carbocycles. The van der Waals surface area contributed by atoms with E-state index in [4.69, 9.17) is 0 Å². The van der Waals surface area contributed by atoms with E-state index < -0.39 is 0 Å². The van der Waals surface area contributed by atoms with E-state index in [1.807, 2.05) is 13.0 Å². The van der Waals surface area contributed by atoms with Gasteiger partial charge in [-0.15, -0.1) is 0 Å². The van der Waals surface area contributed by atoms with E-state index in [-0.39, 0.29) is 11.2 Å². The Morgan fingerprint density at radius 1 is 1.10 bits per heavy atom. The lowest BCUT2D eigenvalue weighted by molar-refractivity contribution is -0.112. The van der Waals surface area contributed by atoms with E-state index >= 15 is 0 Å². The summed E-state index contributed by atoms with van der Waals surface area (Å²) in [6.45, 7) is 6.98. The highest BCUT2D eigenvalue weighted by Crippen LogP contribution is 2.64. The highest BCUT2D eigenvalue weighted by atomic mass is 16.1. The van der Waals surface area contributed by atoms with Gasteiger partial charge in [0.2, 0.25) is 0 Å². The minimum atomic E-state index is 0.171. The number of allylic oxidation sites excluding steroid dienone is 4. The fourth-order valence-corrected chi connectivity index (χ4v) is 6.48. The first-order valence-corrected chi connectivity index (χ1v) is 8.89. The molecule has 0 aromatic rings. The molecule has 3 saturated carbocycles. The third-order valence-electron chi connectivity index (χ3n) is 7.64. The molecule has 0 spiro atoms. The van der Waals surface area contributed by atoms with Crippen LogP contribution in [0.15, 0.2) is 23.3 Å². The zero-order valence-corrected chi connectivity index (χ0v) is 13.7. The summed E-state index contributed by atoms with van der Waals surface area (Å²) in [5.41, 5.74) is 3.20. The Bertz CT molecular complexity index is 554. The number of carbonyl (C=O) groups is 1. The SMILES string of the molecule is CC1=C[C@@]2(C)C(=CC1=O)CC[C@H]1[C@@H]3CCC[C@@]3(C)CC[C@@H]12. The largest absolute Gasteiger partial charge is 0.290 e. The van der Waals surface area contributed by atoms with Gasteiger partial charge in [-0.3, -0.25) is 4.79 Å². The minimum absolute atomic E-state index is 0.171. The quantitative estimate of drug-likeness (QED) is 0.606. The van der Waals surface area contributed by atoms with E-state index in [0.29, 0.717) is 5.41 Å². The predicted molar refractivity (Wildman–Crippen MR) is 85.9 cm³/mol. The molecule has 1 heteroatoms. The zero-order valence-electron chi connectivity index (χ0n) is 13.7. The Morgan fingerprint density at radius 3 is 2.71 bits per heavy atom. The van der Waals surface area contributed by atoms with Crippen LogP contribution < -0.4 is 0 Å². The molecule has 0 unspecified atom stereocenters. The monoisotopic (exact) mass is 284 g/mol. The third kappa shape index (κ3) is 1.79. The van der Waals surface area contributed by atoms with Crippen molar-refractivity contribution < 1.29 is 4.79 Å². The van der Waals surface area contributed by atoms with E-state index in [9.17, 15) is 4.79 Å². The van der Waals surface area contributed by atoms with Gasteiger partial charge in [0.15, 0.2) is 5.78 Å². The summed E-state index contributed by atoms with van der Waals surface area (Å²) < 4.78 is 0. The van der Waals surface area contributed by atoms with E-state index in [0.717, 1.165) is 29.7 Å². The second-order valence-electron chi connectivity index (χ2n) is 8.64. The van der Waals surface area contributed by atoms with Gasteiger partial charge in [-0.05, 0) is 80.3 Å². The van der Waals surface area contributed by atoms with Gasteiger partial charge in [0.25, 0.3) is 0 Å². The van der Waals surface area contributed by atoms with Crippen LogP contribution in [0.3, 0.4) is 0 Å². The molecule has 1 nitrogen and oxygen atoms in total. The van der Waals surface area contributed by atoms with Crippen LogP contribution in [0.25, 0.3) is 0 Å². The van der Waals surface area contributed by atoms with Crippen LogP contribution in [0.5, 0.6) is 0 Å². The summed E-state index contributed by atoms with van der Waals surface area (Å²) in [5.74, 6) is 2.87. The molecule has 4 aliphatic carbocycles. The van der Waals surface area contributed by atoms with Gasteiger partial charge < -0.3 is 0 Å². The maximum atomic E-state index is 12.0. The first kappa shape index (κ1) is 13.8. The molecule has 0 radical (unpaired) electrons. The first-order valence-electron chi connectivity index (χ1n) is 8.89. The van der Waals surface area contributed by atoms with Crippen molar-refractivity contribution in [1.82, 2.24) is 0 Å². The Morgan fingerprint density at radius 2 is 1.90 bits per heavy atom. The van der Waals surface area contributed by atoms with Crippen LogP contribution in [-0.4, -0.2) is 5.78 Å². The molecule has 3 fully saturated rings. The summed E-state index contributed by atoms with van der Waals surface area (Å²) in [4.78, 5) is 12.0. The van der Waals surface area contributed by atoms with Gasteiger partial charge in [0.05, 0.1) is 0 Å². The second kappa shape index (κ2) is 4.33. The van der Waals surface area contributed by atoms with Crippen LogP contribution in [0, 0.1) is 28.6 Å². The van der Waals surface area contributed by atoms with Crippen LogP contribution in [0.1, 0.15) is 65.7 Å². The van der Waals surface area contributed by atoms with Gasteiger partial charge in [-0.1, -0.05) is 31.9 Å². The maximum absolute atomic E-state index is 12.0. The lowest BCUT2D eigenvalue weighted by Crippen LogP contribution is -2.48. The first-order chi connectivity index (χ1) is 9.94. The van der Waals surface area contributed by atoms with Crippen LogP contribution in [-0.2, 0) is 4.79 Å².